The van der Waals surface area contributed by atoms with Gasteiger partial charge < -0.3 is 14.8 Å². The van der Waals surface area contributed by atoms with E-state index in [2.05, 4.69) is 20.9 Å². The van der Waals surface area contributed by atoms with Crippen LogP contribution in [0.25, 0.3) is 0 Å². The van der Waals surface area contributed by atoms with Gasteiger partial charge in [-0.1, -0.05) is 0 Å². The van der Waals surface area contributed by atoms with Crippen molar-refractivity contribution in [3.8, 4) is 0 Å². The van der Waals surface area contributed by atoms with Gasteiger partial charge in [0, 0.05) is 17.8 Å². The highest BCUT2D eigenvalue weighted by atomic mass is 79.9. The lowest BCUT2D eigenvalue weighted by molar-refractivity contribution is -0.428. The van der Waals surface area contributed by atoms with Crippen molar-refractivity contribution in [2.45, 2.75) is 55.2 Å². The molecule has 0 bridgehead atoms. The minimum Gasteiger partial charge on any atom is -0.598 e. The Balaban J connectivity index is 3.82. The smallest absolute Gasteiger partial charge is 0.449 e. The van der Waals surface area contributed by atoms with Crippen LogP contribution in [0.2, 0.25) is 0 Å². The number of pyridine rings is 1. The molecule has 0 saturated heterocycles. The molecular weight excluding hydrogens is 470 g/mol. The first-order valence-electron chi connectivity index (χ1n) is 7.19. The average Bonchev–Trinajstić information content (AvgIpc) is 2.47. The first kappa shape index (κ1) is 24.4. The lowest BCUT2D eigenvalue weighted by Gasteiger charge is -2.45. The van der Waals surface area contributed by atoms with E-state index in [4.69, 9.17) is 5.14 Å². The maximum atomic E-state index is 15.0. The monoisotopic (exact) mass is 486 g/mol. The molecule has 1 aromatic rings. The summed E-state index contributed by atoms with van der Waals surface area (Å²) in [5, 5.41) is 23.8. The molecule has 0 saturated carbocycles. The number of halogens is 7. The van der Waals surface area contributed by atoms with Gasteiger partial charge in [-0.2, -0.15) is 27.1 Å². The summed E-state index contributed by atoms with van der Waals surface area (Å²) in [6.07, 6.45) is -7.32. The highest BCUT2D eigenvalue weighted by Gasteiger charge is 2.76. The van der Waals surface area contributed by atoms with Crippen molar-refractivity contribution in [3.05, 3.63) is 28.2 Å². The van der Waals surface area contributed by atoms with Gasteiger partial charge in [0.05, 0.1) is 11.1 Å². The minimum absolute atomic E-state index is 0.193. The molecule has 0 fully saturated rings. The number of alkyl halides is 5. The number of rotatable bonds is 6. The molecule has 0 aliphatic carbocycles. The Morgan fingerprint density at radius 3 is 2.04 bits per heavy atom. The van der Waals surface area contributed by atoms with Crippen LogP contribution in [0, 0.1) is 5.82 Å². The van der Waals surface area contributed by atoms with Gasteiger partial charge in [-0.15, -0.1) is 0 Å². The lowest BCUT2D eigenvalue weighted by atomic mass is 9.70. The molecule has 2 atom stereocenters. The molecule has 2 unspecified atom stereocenters. The fraction of sp³-hybridized carbons (Fsp3) is 0.643. The molecule has 156 valence electrons. The van der Waals surface area contributed by atoms with Gasteiger partial charge in [0.15, 0.2) is 0 Å². The Labute approximate surface area is 162 Å². The van der Waals surface area contributed by atoms with Crippen molar-refractivity contribution in [1.29, 1.82) is 0 Å². The van der Waals surface area contributed by atoms with Crippen LogP contribution in [0.1, 0.15) is 32.9 Å². The van der Waals surface area contributed by atoms with E-state index in [9.17, 15) is 41.1 Å². The third kappa shape index (κ3) is 4.22. The highest BCUT2D eigenvalue weighted by molar-refractivity contribution is 9.10. The van der Waals surface area contributed by atoms with Crippen LogP contribution in [-0.2, 0) is 16.8 Å². The van der Waals surface area contributed by atoms with Gasteiger partial charge in [-0.3, -0.25) is 0 Å². The summed E-state index contributed by atoms with van der Waals surface area (Å²) in [5.41, 5.74) is -4.45. The molecule has 27 heavy (non-hydrogen) atoms. The number of hydrogen-bond donors (Lipinski definition) is 3. The zero-order chi connectivity index (χ0) is 21.6. The average molecular weight is 487 g/mol. The number of nitrogens with zero attached hydrogens (tertiary/aromatic N) is 1. The Kier molecular flexibility index (Phi) is 6.64. The summed E-state index contributed by atoms with van der Waals surface area (Å²) in [6.45, 7) is 2.65. The fourth-order valence-electron chi connectivity index (χ4n) is 2.63. The summed E-state index contributed by atoms with van der Waals surface area (Å²) >= 11 is 0.469. The van der Waals surface area contributed by atoms with E-state index < -0.39 is 57.3 Å². The predicted molar refractivity (Wildman–Crippen MR) is 88.4 cm³/mol. The Morgan fingerprint density at radius 1 is 1.15 bits per heavy atom. The van der Waals surface area contributed by atoms with E-state index in [0.29, 0.717) is 13.0 Å². The highest BCUT2D eigenvalue weighted by Crippen LogP contribution is 2.54. The van der Waals surface area contributed by atoms with Crippen molar-refractivity contribution in [3.63, 3.8) is 0 Å². The molecule has 1 rings (SSSR count). The molecular formula is C14H17BrF6N2O3S. The Hall–Kier alpha value is -0.600. The lowest BCUT2D eigenvalue weighted by Crippen LogP contribution is -2.68. The van der Waals surface area contributed by atoms with E-state index in [-0.39, 0.29) is 4.60 Å². The van der Waals surface area contributed by atoms with Crippen molar-refractivity contribution in [1.82, 2.24) is 4.98 Å². The second-order valence-electron chi connectivity index (χ2n) is 6.77. The molecule has 5 nitrogen and oxygen atoms in total. The topological polar surface area (TPSA) is 102 Å². The molecule has 13 heteroatoms. The van der Waals surface area contributed by atoms with Gasteiger partial charge in [-0.05, 0) is 48.8 Å². The Morgan fingerprint density at radius 2 is 1.63 bits per heavy atom. The molecule has 0 aromatic carbocycles. The zero-order valence-corrected chi connectivity index (χ0v) is 16.6. The normalized spacial score (nSPS) is 17.6. The summed E-state index contributed by atoms with van der Waals surface area (Å²) in [4.78, 5) is 3.48. The summed E-state index contributed by atoms with van der Waals surface area (Å²) < 4.78 is 92.8. The van der Waals surface area contributed by atoms with Crippen LogP contribution < -0.4 is 5.14 Å². The van der Waals surface area contributed by atoms with Crippen LogP contribution in [0.15, 0.2) is 16.7 Å². The maximum absolute atomic E-state index is 15.0. The van der Waals surface area contributed by atoms with E-state index >= 15 is 0 Å². The number of nitrogens with two attached hydrogens (primary N) is 1. The second kappa shape index (κ2) is 7.34. The quantitative estimate of drug-likeness (QED) is 0.248. The van der Waals surface area contributed by atoms with Crippen molar-refractivity contribution in [2.24, 2.45) is 5.14 Å². The van der Waals surface area contributed by atoms with Gasteiger partial charge in [0.2, 0.25) is 0 Å². The molecule has 0 amide bonds. The summed E-state index contributed by atoms with van der Waals surface area (Å²) in [5.74, 6) is -12.4. The van der Waals surface area contributed by atoms with Gasteiger partial charge in [0.1, 0.15) is 15.2 Å². The Bertz CT molecular complexity index is 702. The molecule has 1 heterocycles. The molecule has 0 aliphatic rings. The zero-order valence-electron chi connectivity index (χ0n) is 14.2. The van der Waals surface area contributed by atoms with Crippen LogP contribution >= 0.6 is 15.9 Å². The second-order valence-corrected chi connectivity index (χ2v) is 9.29. The van der Waals surface area contributed by atoms with Gasteiger partial charge in [-0.25, -0.2) is 9.37 Å². The standard InChI is InChI=1S/C14H17BrF6N2O3S/c1-10(2,27(22)26)6-11(3,9-7(16)4-5-8(15)23-9)12(17,18)13(24,25)14(19,20)21/h4-5,24-25H,6,22H2,1-3H3. The van der Waals surface area contributed by atoms with Crippen molar-refractivity contribution in [2.75, 3.05) is 0 Å². The van der Waals surface area contributed by atoms with Gasteiger partial charge in [0.25, 0.3) is 0 Å². The van der Waals surface area contributed by atoms with Crippen LogP contribution in [0.5, 0.6) is 0 Å². The van der Waals surface area contributed by atoms with Gasteiger partial charge >= 0.3 is 17.9 Å². The number of hydrogen-bond acceptors (Lipinski definition) is 5. The van der Waals surface area contributed by atoms with E-state index in [1.165, 1.54) is 0 Å². The first-order chi connectivity index (χ1) is 11.8. The fourth-order valence-corrected chi connectivity index (χ4v) is 3.37. The van der Waals surface area contributed by atoms with Crippen molar-refractivity contribution < 1.29 is 41.1 Å². The maximum Gasteiger partial charge on any atom is 0.449 e. The summed E-state index contributed by atoms with van der Waals surface area (Å²) in [6, 6.07) is 1.68. The third-order valence-electron chi connectivity index (χ3n) is 4.18. The number of aliphatic hydroxyl groups is 2. The molecule has 0 radical (unpaired) electrons. The molecule has 0 aliphatic heterocycles. The molecule has 0 spiro atoms. The largest absolute Gasteiger partial charge is 0.598 e. The molecule has 4 N–H and O–H groups in total. The van der Waals surface area contributed by atoms with E-state index in [0.717, 1.165) is 19.9 Å². The van der Waals surface area contributed by atoms with Crippen molar-refractivity contribution >= 4 is 27.3 Å². The van der Waals surface area contributed by atoms with Crippen LogP contribution in [-0.4, -0.2) is 42.4 Å². The van der Waals surface area contributed by atoms with Crippen LogP contribution in [0.4, 0.5) is 26.3 Å². The van der Waals surface area contributed by atoms with Crippen LogP contribution in [0.3, 0.4) is 0 Å². The minimum atomic E-state index is -6.19. The van der Waals surface area contributed by atoms with E-state index in [1.807, 2.05) is 0 Å². The SMILES string of the molecule is CC(C)(CC(C)(c1nc(Br)ccc1F)C(F)(F)C(O)(O)C(F)(F)F)[S+](N)[O-]. The van der Waals surface area contributed by atoms with E-state index in [1.54, 1.807) is 0 Å². The first-order valence-corrected chi connectivity index (χ1v) is 9.20. The number of aromatic nitrogens is 1. The third-order valence-corrected chi connectivity index (χ3v) is 5.86. The predicted octanol–water partition coefficient (Wildman–Crippen LogP) is 2.91. The molecule has 1 aromatic heterocycles. The summed E-state index contributed by atoms with van der Waals surface area (Å²) in [7, 11) is 0.